The average Bonchev–Trinajstić information content (AvgIpc) is 2.70. The predicted octanol–water partition coefficient (Wildman–Crippen LogP) is 1.89. The van der Waals surface area contributed by atoms with Crippen LogP contribution in [0.25, 0.3) is 0 Å². The van der Waals surface area contributed by atoms with E-state index in [4.69, 9.17) is 4.74 Å². The number of hydrogen-bond acceptors (Lipinski definition) is 3. The molecule has 0 bridgehead atoms. The van der Waals surface area contributed by atoms with E-state index in [2.05, 4.69) is 5.32 Å². The Morgan fingerprint density at radius 2 is 2.00 bits per heavy atom. The first-order valence-electron chi connectivity index (χ1n) is 8.01. The second-order valence-corrected chi connectivity index (χ2v) is 8.16. The molecule has 0 radical (unpaired) electrons. The van der Waals surface area contributed by atoms with E-state index in [0.717, 1.165) is 12.8 Å². The Labute approximate surface area is 130 Å². The SMILES string of the molecule is C[C@@H](CNC(=O)N1CCOC2(CCCCCC2)C1)[S@](C)=O. The van der Waals surface area contributed by atoms with Crippen molar-refractivity contribution in [3.8, 4) is 0 Å². The molecule has 1 saturated heterocycles. The van der Waals surface area contributed by atoms with Crippen molar-refractivity contribution in [1.29, 1.82) is 0 Å². The Hall–Kier alpha value is -0.620. The van der Waals surface area contributed by atoms with Gasteiger partial charge in [0.1, 0.15) is 0 Å². The van der Waals surface area contributed by atoms with Gasteiger partial charge >= 0.3 is 6.03 Å². The van der Waals surface area contributed by atoms with Crippen LogP contribution in [0.3, 0.4) is 0 Å². The predicted molar refractivity (Wildman–Crippen MR) is 84.9 cm³/mol. The highest BCUT2D eigenvalue weighted by atomic mass is 32.2. The number of carbonyl (C=O) groups excluding carboxylic acids is 1. The van der Waals surface area contributed by atoms with Crippen molar-refractivity contribution < 1.29 is 13.7 Å². The van der Waals surface area contributed by atoms with Crippen LogP contribution in [0.2, 0.25) is 0 Å². The van der Waals surface area contributed by atoms with E-state index in [1.807, 2.05) is 11.8 Å². The van der Waals surface area contributed by atoms with Crippen LogP contribution in [0.1, 0.15) is 45.4 Å². The summed E-state index contributed by atoms with van der Waals surface area (Å²) < 4.78 is 17.4. The van der Waals surface area contributed by atoms with Crippen molar-refractivity contribution >= 4 is 16.8 Å². The molecule has 1 N–H and O–H groups in total. The van der Waals surface area contributed by atoms with Gasteiger partial charge in [-0.05, 0) is 19.8 Å². The maximum atomic E-state index is 12.3. The van der Waals surface area contributed by atoms with Gasteiger partial charge in [-0.1, -0.05) is 25.7 Å². The van der Waals surface area contributed by atoms with Gasteiger partial charge in [0, 0.05) is 35.4 Å². The molecular formula is C15H28N2O3S. The number of urea groups is 1. The number of amides is 2. The van der Waals surface area contributed by atoms with E-state index in [9.17, 15) is 9.00 Å². The Bertz CT molecular complexity index is 381. The van der Waals surface area contributed by atoms with Crippen molar-refractivity contribution in [3.05, 3.63) is 0 Å². The number of rotatable bonds is 3. The highest BCUT2D eigenvalue weighted by Gasteiger charge is 2.38. The Morgan fingerprint density at radius 1 is 1.33 bits per heavy atom. The number of nitrogens with one attached hydrogen (secondary N) is 1. The summed E-state index contributed by atoms with van der Waals surface area (Å²) in [6.07, 6.45) is 8.74. The largest absolute Gasteiger partial charge is 0.371 e. The van der Waals surface area contributed by atoms with E-state index < -0.39 is 10.8 Å². The van der Waals surface area contributed by atoms with E-state index in [-0.39, 0.29) is 16.9 Å². The monoisotopic (exact) mass is 316 g/mol. The molecule has 1 heterocycles. The topological polar surface area (TPSA) is 58.6 Å². The van der Waals surface area contributed by atoms with Gasteiger partial charge in [0.2, 0.25) is 0 Å². The second-order valence-electron chi connectivity index (χ2n) is 6.36. The van der Waals surface area contributed by atoms with Gasteiger partial charge in [0.05, 0.1) is 18.8 Å². The minimum absolute atomic E-state index is 0.0122. The van der Waals surface area contributed by atoms with E-state index >= 15 is 0 Å². The molecule has 2 atom stereocenters. The standard InChI is InChI=1S/C15H28N2O3S/c1-13(21(2)19)11-16-14(18)17-9-10-20-15(12-17)7-5-3-4-6-8-15/h13H,3-12H2,1-2H3,(H,16,18)/t13-,21-/m0/s1. The quantitative estimate of drug-likeness (QED) is 0.865. The van der Waals surface area contributed by atoms with Crippen LogP contribution in [-0.2, 0) is 15.5 Å². The third kappa shape index (κ3) is 4.68. The van der Waals surface area contributed by atoms with E-state index in [1.165, 1.54) is 25.7 Å². The molecule has 1 aliphatic carbocycles. The lowest BCUT2D eigenvalue weighted by atomic mass is 9.92. The van der Waals surface area contributed by atoms with Crippen molar-refractivity contribution in [2.75, 3.05) is 32.5 Å². The Balaban J connectivity index is 1.87. The molecule has 122 valence electrons. The van der Waals surface area contributed by atoms with Crippen molar-refractivity contribution in [2.45, 2.75) is 56.3 Å². The minimum Gasteiger partial charge on any atom is -0.371 e. The van der Waals surface area contributed by atoms with Crippen LogP contribution >= 0.6 is 0 Å². The lowest BCUT2D eigenvalue weighted by Crippen LogP contribution is -2.56. The van der Waals surface area contributed by atoms with Crippen molar-refractivity contribution in [1.82, 2.24) is 10.2 Å². The van der Waals surface area contributed by atoms with Gasteiger partial charge < -0.3 is 15.0 Å². The maximum Gasteiger partial charge on any atom is 0.317 e. The molecule has 6 heteroatoms. The highest BCUT2D eigenvalue weighted by molar-refractivity contribution is 7.84. The summed E-state index contributed by atoms with van der Waals surface area (Å²) >= 11 is 0. The number of morpholine rings is 1. The van der Waals surface area contributed by atoms with E-state index in [0.29, 0.717) is 26.2 Å². The van der Waals surface area contributed by atoms with Crippen LogP contribution in [0.4, 0.5) is 4.79 Å². The number of ether oxygens (including phenoxy) is 1. The lowest BCUT2D eigenvalue weighted by Gasteiger charge is -2.42. The fourth-order valence-corrected chi connectivity index (χ4v) is 3.47. The van der Waals surface area contributed by atoms with Gasteiger partial charge in [-0.2, -0.15) is 0 Å². The van der Waals surface area contributed by atoms with Gasteiger partial charge in [0.25, 0.3) is 0 Å². The molecule has 2 amide bonds. The maximum absolute atomic E-state index is 12.3. The summed E-state index contributed by atoms with van der Waals surface area (Å²) in [5.74, 6) is 0. The normalized spacial score (nSPS) is 25.1. The van der Waals surface area contributed by atoms with Gasteiger partial charge in [-0.3, -0.25) is 4.21 Å². The number of hydrogen-bond donors (Lipinski definition) is 1. The number of nitrogens with zero attached hydrogens (tertiary/aromatic N) is 1. The summed E-state index contributed by atoms with van der Waals surface area (Å²) in [6, 6.07) is -0.0424. The zero-order valence-corrected chi connectivity index (χ0v) is 14.0. The van der Waals surface area contributed by atoms with E-state index in [1.54, 1.807) is 6.26 Å². The molecule has 2 aliphatic rings. The third-order valence-electron chi connectivity index (χ3n) is 4.66. The fraction of sp³-hybridized carbons (Fsp3) is 0.933. The van der Waals surface area contributed by atoms with Crippen LogP contribution in [0.5, 0.6) is 0 Å². The minimum atomic E-state index is -0.903. The average molecular weight is 316 g/mol. The number of carbonyl (C=O) groups is 1. The van der Waals surface area contributed by atoms with Crippen LogP contribution in [0.15, 0.2) is 0 Å². The van der Waals surface area contributed by atoms with Crippen molar-refractivity contribution in [3.63, 3.8) is 0 Å². The first kappa shape index (κ1) is 16.7. The molecule has 1 saturated carbocycles. The smallest absolute Gasteiger partial charge is 0.317 e. The Kier molecular flexibility index (Phi) is 6.05. The van der Waals surface area contributed by atoms with Crippen LogP contribution in [-0.4, -0.2) is 58.5 Å². The molecule has 21 heavy (non-hydrogen) atoms. The van der Waals surface area contributed by atoms with Gasteiger partial charge in [-0.25, -0.2) is 4.79 Å². The molecule has 5 nitrogen and oxygen atoms in total. The summed E-state index contributed by atoms with van der Waals surface area (Å²) in [5.41, 5.74) is -0.120. The third-order valence-corrected chi connectivity index (χ3v) is 5.96. The fourth-order valence-electron chi connectivity index (χ4n) is 3.15. The van der Waals surface area contributed by atoms with Gasteiger partial charge in [-0.15, -0.1) is 0 Å². The molecule has 0 aromatic rings. The molecule has 0 aromatic heterocycles. The first-order valence-corrected chi connectivity index (χ1v) is 9.63. The molecular weight excluding hydrogens is 288 g/mol. The molecule has 2 fully saturated rings. The van der Waals surface area contributed by atoms with Crippen LogP contribution in [0, 0.1) is 0 Å². The zero-order chi connectivity index (χ0) is 15.3. The van der Waals surface area contributed by atoms with Crippen LogP contribution < -0.4 is 5.32 Å². The zero-order valence-electron chi connectivity index (χ0n) is 13.2. The molecule has 1 aliphatic heterocycles. The van der Waals surface area contributed by atoms with Crippen molar-refractivity contribution in [2.24, 2.45) is 0 Å². The second kappa shape index (κ2) is 7.58. The Morgan fingerprint density at radius 3 is 2.62 bits per heavy atom. The summed E-state index contributed by atoms with van der Waals surface area (Å²) in [7, 11) is -0.903. The summed E-state index contributed by atoms with van der Waals surface area (Å²) in [5, 5.41) is 2.90. The summed E-state index contributed by atoms with van der Waals surface area (Å²) in [4.78, 5) is 14.2. The first-order chi connectivity index (χ1) is 10.0. The molecule has 2 rings (SSSR count). The summed E-state index contributed by atoms with van der Waals surface area (Å²) in [6.45, 7) is 4.33. The highest BCUT2D eigenvalue weighted by Crippen LogP contribution is 2.33. The van der Waals surface area contributed by atoms with Gasteiger partial charge in [0.15, 0.2) is 0 Å². The molecule has 0 aromatic carbocycles. The molecule has 1 spiro atoms. The lowest BCUT2D eigenvalue weighted by molar-refractivity contribution is -0.105. The molecule has 0 unspecified atom stereocenters.